The van der Waals surface area contributed by atoms with Crippen LogP contribution >= 0.6 is 0 Å². The van der Waals surface area contributed by atoms with E-state index in [1.165, 1.54) is 0 Å². The van der Waals surface area contributed by atoms with Crippen molar-refractivity contribution in [3.8, 4) is 0 Å². The Bertz CT molecular complexity index is 1300. The van der Waals surface area contributed by atoms with E-state index in [9.17, 15) is 25.2 Å². The van der Waals surface area contributed by atoms with Crippen molar-refractivity contribution in [1.29, 1.82) is 0 Å². The van der Waals surface area contributed by atoms with Gasteiger partial charge in [-0.05, 0) is 78.8 Å². The third-order valence-corrected chi connectivity index (χ3v) is 14.0. The first-order valence-corrected chi connectivity index (χ1v) is 21.6. The Labute approximate surface area is 344 Å². The monoisotopic (exact) mass is 815 g/mol. The highest BCUT2D eigenvalue weighted by molar-refractivity contribution is 5.89. The van der Waals surface area contributed by atoms with Crippen molar-refractivity contribution in [2.24, 2.45) is 46.6 Å². The molecule has 2 aliphatic carbocycles. The number of oxime groups is 1. The molecular formula is C44H82N2O11. The zero-order valence-electron chi connectivity index (χ0n) is 38.2. The lowest BCUT2D eigenvalue weighted by Crippen LogP contribution is -2.60. The van der Waals surface area contributed by atoms with Gasteiger partial charge in [0.2, 0.25) is 0 Å². The van der Waals surface area contributed by atoms with Crippen LogP contribution in [0.15, 0.2) is 5.16 Å². The summed E-state index contributed by atoms with van der Waals surface area (Å²) >= 11 is 0. The number of ketones is 1. The molecule has 13 nitrogen and oxygen atoms in total. The maximum atomic E-state index is 14.7. The summed E-state index contributed by atoms with van der Waals surface area (Å²) in [7, 11) is 7.08. The fourth-order valence-corrected chi connectivity index (χ4v) is 10.0. The van der Waals surface area contributed by atoms with Crippen LogP contribution in [-0.4, -0.2) is 144 Å². The van der Waals surface area contributed by atoms with E-state index in [4.69, 9.17) is 28.5 Å². The second-order valence-corrected chi connectivity index (χ2v) is 19.4. The molecule has 0 unspecified atom stereocenters. The van der Waals surface area contributed by atoms with E-state index in [1.54, 1.807) is 21.1 Å². The van der Waals surface area contributed by atoms with Crippen LogP contribution < -0.4 is 0 Å². The van der Waals surface area contributed by atoms with E-state index < -0.39 is 77.3 Å². The molecule has 0 bridgehead atoms. The Morgan fingerprint density at radius 3 is 2.05 bits per heavy atom. The Morgan fingerprint density at radius 1 is 0.895 bits per heavy atom. The highest BCUT2D eigenvalue weighted by atomic mass is 16.7. The van der Waals surface area contributed by atoms with Gasteiger partial charge in [0.25, 0.3) is 0 Å². The van der Waals surface area contributed by atoms with Gasteiger partial charge < -0.3 is 53.8 Å². The van der Waals surface area contributed by atoms with Crippen LogP contribution in [0.5, 0.6) is 0 Å². The average molecular weight is 815 g/mol. The van der Waals surface area contributed by atoms with Gasteiger partial charge in [-0.25, -0.2) is 0 Å². The molecule has 0 aromatic rings. The van der Waals surface area contributed by atoms with Gasteiger partial charge in [0.05, 0.1) is 59.1 Å². The Hall–Kier alpha value is -1.26. The number of carbonyl (C=O) groups is 1. The Morgan fingerprint density at radius 2 is 1.51 bits per heavy atom. The molecule has 2 saturated carbocycles. The topological polar surface area (TPSA) is 169 Å². The normalized spacial score (nSPS) is 46.7. The smallest absolute Gasteiger partial charge is 0.185 e. The first kappa shape index (κ1) is 50.1. The summed E-state index contributed by atoms with van der Waals surface area (Å²) in [4.78, 5) is 22.5. The van der Waals surface area contributed by atoms with Gasteiger partial charge >= 0.3 is 0 Å². The van der Waals surface area contributed by atoms with Crippen LogP contribution in [-0.2, 0) is 33.3 Å². The summed E-state index contributed by atoms with van der Waals surface area (Å²) in [6.07, 6.45) is -3.75. The maximum Gasteiger partial charge on any atom is 0.185 e. The predicted molar refractivity (Wildman–Crippen MR) is 221 cm³/mol. The Kier molecular flexibility index (Phi) is 18.0. The Balaban J connectivity index is 2.29. The third-order valence-electron chi connectivity index (χ3n) is 14.0. The molecular weight excluding hydrogens is 732 g/mol. The molecule has 1 heterocycles. The molecule has 3 rings (SSSR count). The number of likely N-dealkylation sites (N-methyl/N-ethyl adjacent to an activating group) is 1. The average Bonchev–Trinajstić information content (AvgIpc) is 3.14. The molecule has 0 amide bonds. The van der Waals surface area contributed by atoms with E-state index in [2.05, 4.69) is 5.16 Å². The zero-order chi connectivity index (χ0) is 43.4. The van der Waals surface area contributed by atoms with E-state index in [1.807, 2.05) is 95.2 Å². The molecule has 0 spiro atoms. The van der Waals surface area contributed by atoms with Gasteiger partial charge in [0, 0.05) is 56.8 Å². The van der Waals surface area contributed by atoms with Crippen LogP contribution in [0.4, 0.5) is 0 Å². The van der Waals surface area contributed by atoms with Gasteiger partial charge in [0.1, 0.15) is 18.5 Å². The summed E-state index contributed by atoms with van der Waals surface area (Å²) in [5, 5.41) is 51.7. The fourth-order valence-electron chi connectivity index (χ4n) is 10.0. The van der Waals surface area contributed by atoms with Gasteiger partial charge in [0.15, 0.2) is 6.29 Å². The highest BCUT2D eigenvalue weighted by Crippen LogP contribution is 2.43. The molecule has 4 N–H and O–H groups in total. The van der Waals surface area contributed by atoms with Crippen LogP contribution in [0.1, 0.15) is 122 Å². The van der Waals surface area contributed by atoms with E-state index in [-0.39, 0.29) is 48.2 Å². The summed E-state index contributed by atoms with van der Waals surface area (Å²) in [5.74, 6) is -2.84. The van der Waals surface area contributed by atoms with Crippen LogP contribution in [0.3, 0.4) is 0 Å². The van der Waals surface area contributed by atoms with Crippen molar-refractivity contribution in [2.75, 3.05) is 34.9 Å². The number of rotatable bonds is 11. The standard InChI is InChI=1S/C44H82N2O11/c1-17-31-20-34(47)28(7)37(56-32-18-25(4)38(49)42(10,22-32)52-15)30(9)40(57-41-36(48)33(46(13)14)19-27(6)55-41)43(11,53-16)21-26(5)35(45-54-23-24(2)3)29(8)39(50)44(31,12)51/h24-33,36-41,48-51H,17-23H2,1-16H3/b45-35+/t25-,26-,27-,28+,29+,30+,31+,32-,33+,36-,37-,38+,39-,40-,41+,42-,43+,44-/m1/s1. The summed E-state index contributed by atoms with van der Waals surface area (Å²) < 4.78 is 33.0. The first-order chi connectivity index (χ1) is 26.4. The number of ether oxygens (including phenoxy) is 5. The highest BCUT2D eigenvalue weighted by Gasteiger charge is 2.53. The number of hydrogen-bond donors (Lipinski definition) is 4. The first-order valence-electron chi connectivity index (χ1n) is 21.6. The number of aliphatic hydroxyl groups is 4. The number of nitrogens with zero attached hydrogens (tertiary/aromatic N) is 2. The SMILES string of the molecule is CC[C@H]1CC(=O)[C@H](C)[C@@H](O[C@@H]2C[C@@H](C)[C@H](O)[C@](C)(OC)C2)[C@H](C)[C@@H](O[C@@H]2O[C@H](C)C[C@H](N(C)C)[C@H]2O)[C@@](C)(OC)C[C@@H](C)/C(=N\OCC(C)C)[C@H](C)[C@@H](O)[C@]1(C)O. The number of carbonyl (C=O) groups excluding carboxylic acids is 1. The summed E-state index contributed by atoms with van der Waals surface area (Å²) in [6, 6.07) is -0.229. The van der Waals surface area contributed by atoms with Crippen molar-refractivity contribution < 1.29 is 53.7 Å². The minimum absolute atomic E-state index is 0.00201. The number of aliphatic hydroxyl groups excluding tert-OH is 3. The predicted octanol–water partition coefficient (Wildman–Crippen LogP) is 5.23. The number of Topliss-reactive ketones (excluding diaryl/α,β-unsaturated/α-hetero) is 1. The lowest BCUT2D eigenvalue weighted by Gasteiger charge is -2.50. The minimum Gasteiger partial charge on any atom is -0.396 e. The van der Waals surface area contributed by atoms with Crippen LogP contribution in [0, 0.1) is 41.4 Å². The van der Waals surface area contributed by atoms with Gasteiger partial charge in [-0.15, -0.1) is 0 Å². The molecule has 334 valence electrons. The quantitative estimate of drug-likeness (QED) is 0.201. The number of methoxy groups -OCH3 is 2. The maximum absolute atomic E-state index is 14.7. The minimum atomic E-state index is -1.65. The molecule has 1 saturated heterocycles. The summed E-state index contributed by atoms with van der Waals surface area (Å²) in [5.41, 5.74) is -3.05. The van der Waals surface area contributed by atoms with Gasteiger partial charge in [-0.2, -0.15) is 0 Å². The lowest BCUT2D eigenvalue weighted by molar-refractivity contribution is -0.303. The molecule has 18 atom stereocenters. The number of hydrogen-bond acceptors (Lipinski definition) is 13. The van der Waals surface area contributed by atoms with E-state index >= 15 is 0 Å². The molecule has 1 aliphatic heterocycles. The summed E-state index contributed by atoms with van der Waals surface area (Å²) in [6.45, 7) is 23.5. The van der Waals surface area contributed by atoms with Crippen LogP contribution in [0.2, 0.25) is 0 Å². The van der Waals surface area contributed by atoms with Crippen molar-refractivity contribution in [3.05, 3.63) is 0 Å². The second-order valence-electron chi connectivity index (χ2n) is 19.4. The van der Waals surface area contributed by atoms with Crippen LogP contribution in [0.25, 0.3) is 0 Å². The van der Waals surface area contributed by atoms with E-state index in [0.29, 0.717) is 44.4 Å². The largest absolute Gasteiger partial charge is 0.396 e. The molecule has 57 heavy (non-hydrogen) atoms. The molecule has 3 aliphatic rings. The molecule has 3 fully saturated rings. The molecule has 0 aromatic carbocycles. The second kappa shape index (κ2) is 20.5. The third kappa shape index (κ3) is 11.6. The molecule has 0 radical (unpaired) electrons. The molecule has 0 aromatic heterocycles. The van der Waals surface area contributed by atoms with Gasteiger partial charge in [-0.3, -0.25) is 4.79 Å². The van der Waals surface area contributed by atoms with Crippen molar-refractivity contribution >= 4 is 11.5 Å². The van der Waals surface area contributed by atoms with Crippen molar-refractivity contribution in [1.82, 2.24) is 4.90 Å². The molecule has 13 heteroatoms. The zero-order valence-corrected chi connectivity index (χ0v) is 38.2. The van der Waals surface area contributed by atoms with Gasteiger partial charge in [-0.1, -0.05) is 67.0 Å². The lowest BCUT2D eigenvalue weighted by atomic mass is 9.69. The van der Waals surface area contributed by atoms with Crippen molar-refractivity contribution in [2.45, 2.75) is 193 Å². The van der Waals surface area contributed by atoms with E-state index in [0.717, 1.165) is 0 Å². The van der Waals surface area contributed by atoms with Crippen molar-refractivity contribution in [3.63, 3.8) is 0 Å². The fraction of sp³-hybridized carbons (Fsp3) is 0.955.